The number of carboxylic acid groups (broad SMARTS) is 1. The quantitative estimate of drug-likeness (QED) is 0.514. The number of hydrogen-bond acceptors (Lipinski definition) is 3. The second-order valence-electron chi connectivity index (χ2n) is 4.98. The van der Waals surface area contributed by atoms with Gasteiger partial charge in [0.1, 0.15) is 0 Å². The van der Waals surface area contributed by atoms with Gasteiger partial charge in [0.15, 0.2) is 6.04 Å². The summed E-state index contributed by atoms with van der Waals surface area (Å²) in [5.74, 6) is -1.75. The fourth-order valence-corrected chi connectivity index (χ4v) is 2.14. The largest absolute Gasteiger partial charge is 0.480 e. The molecule has 1 aromatic rings. The van der Waals surface area contributed by atoms with Crippen LogP contribution in [0.25, 0.3) is 0 Å². The third kappa shape index (κ3) is 5.69. The van der Waals surface area contributed by atoms with Gasteiger partial charge in [0.25, 0.3) is 0 Å². The summed E-state index contributed by atoms with van der Waals surface area (Å²) in [5.41, 5.74) is 0.887. The van der Waals surface area contributed by atoms with Gasteiger partial charge in [-0.05, 0) is 12.0 Å². The summed E-state index contributed by atoms with van der Waals surface area (Å²) in [4.78, 5) is 23.7. The van der Waals surface area contributed by atoms with Gasteiger partial charge in [0.2, 0.25) is 5.91 Å². The highest BCUT2D eigenvalue weighted by Crippen LogP contribution is 2.21. The van der Waals surface area contributed by atoms with Crippen molar-refractivity contribution in [2.45, 2.75) is 31.7 Å². The molecule has 0 aliphatic rings. The van der Waals surface area contributed by atoms with Crippen molar-refractivity contribution in [3.63, 3.8) is 0 Å². The Morgan fingerprint density at radius 1 is 1.36 bits per heavy atom. The summed E-state index contributed by atoms with van der Waals surface area (Å²) in [6, 6.07) is 8.32. The van der Waals surface area contributed by atoms with Gasteiger partial charge < -0.3 is 15.2 Å². The predicted octanol–water partition coefficient (Wildman–Crippen LogP) is 2.34. The van der Waals surface area contributed by atoms with Crippen LogP contribution in [0.15, 0.2) is 43.0 Å². The van der Waals surface area contributed by atoms with Gasteiger partial charge in [-0.2, -0.15) is 0 Å². The summed E-state index contributed by atoms with van der Waals surface area (Å²) in [6.45, 7) is 5.65. The molecule has 1 rings (SSSR count). The van der Waals surface area contributed by atoms with E-state index in [2.05, 4.69) is 11.9 Å². The summed E-state index contributed by atoms with van der Waals surface area (Å²) >= 11 is 0. The number of carbonyl (C=O) groups is 2. The fourth-order valence-electron chi connectivity index (χ4n) is 2.14. The van der Waals surface area contributed by atoms with Crippen molar-refractivity contribution in [3.8, 4) is 0 Å². The van der Waals surface area contributed by atoms with E-state index in [1.165, 1.54) is 6.08 Å². The van der Waals surface area contributed by atoms with Gasteiger partial charge in [-0.3, -0.25) is 4.79 Å². The molecule has 1 amide bonds. The normalized spacial score (nSPS) is 13.1. The monoisotopic (exact) mass is 305 g/mol. The fraction of sp³-hybridized carbons (Fsp3) is 0.412. The molecule has 0 aromatic heterocycles. The average molecular weight is 305 g/mol. The van der Waals surface area contributed by atoms with E-state index in [1.54, 1.807) is 0 Å². The number of hydrogen-bond donors (Lipinski definition) is 2. The minimum absolute atomic E-state index is 0.0826. The van der Waals surface area contributed by atoms with Crippen molar-refractivity contribution in [1.82, 2.24) is 5.32 Å². The topological polar surface area (TPSA) is 75.6 Å². The first-order valence-electron chi connectivity index (χ1n) is 7.36. The highest BCUT2D eigenvalue weighted by atomic mass is 16.5. The van der Waals surface area contributed by atoms with E-state index in [0.29, 0.717) is 6.42 Å². The van der Waals surface area contributed by atoms with E-state index in [1.807, 2.05) is 37.3 Å². The minimum Gasteiger partial charge on any atom is -0.480 e. The smallest absolute Gasteiger partial charge is 0.328 e. The van der Waals surface area contributed by atoms with Crippen molar-refractivity contribution >= 4 is 11.9 Å². The van der Waals surface area contributed by atoms with E-state index in [-0.39, 0.29) is 25.0 Å². The van der Waals surface area contributed by atoms with Crippen molar-refractivity contribution in [1.29, 1.82) is 0 Å². The standard InChI is InChI=1S/C17H23NO4/c1-3-8-14(13-9-6-5-7-10-13)16(19)18-15(17(20)21)12-22-11-4-2/h4-7,9-10,14-15H,2-3,8,11-12H2,1H3,(H,18,19)(H,20,21). The Balaban J connectivity index is 2.75. The molecule has 2 N–H and O–H groups in total. The Morgan fingerprint density at radius 3 is 2.59 bits per heavy atom. The van der Waals surface area contributed by atoms with Crippen LogP contribution in [0.2, 0.25) is 0 Å². The molecular formula is C17H23NO4. The number of aliphatic carboxylic acids is 1. The van der Waals surface area contributed by atoms with Crippen molar-refractivity contribution < 1.29 is 19.4 Å². The number of ether oxygens (including phenoxy) is 1. The lowest BCUT2D eigenvalue weighted by Crippen LogP contribution is -2.45. The maximum atomic E-state index is 12.4. The first-order valence-corrected chi connectivity index (χ1v) is 7.36. The van der Waals surface area contributed by atoms with E-state index in [9.17, 15) is 14.7 Å². The molecule has 0 saturated heterocycles. The number of benzene rings is 1. The second-order valence-corrected chi connectivity index (χ2v) is 4.98. The second kappa shape index (κ2) is 9.73. The van der Waals surface area contributed by atoms with Crippen molar-refractivity contribution in [2.75, 3.05) is 13.2 Å². The lowest BCUT2D eigenvalue weighted by Gasteiger charge is -2.20. The first kappa shape index (κ1) is 17.9. The molecular weight excluding hydrogens is 282 g/mol. The summed E-state index contributed by atoms with van der Waals surface area (Å²) in [5, 5.41) is 11.7. The zero-order chi connectivity index (χ0) is 16.4. The van der Waals surface area contributed by atoms with Crippen LogP contribution in [-0.4, -0.2) is 36.2 Å². The van der Waals surface area contributed by atoms with E-state index in [4.69, 9.17) is 4.74 Å². The number of carboxylic acids is 1. The van der Waals surface area contributed by atoms with Crippen molar-refractivity contribution in [2.24, 2.45) is 0 Å². The summed E-state index contributed by atoms with van der Waals surface area (Å²) in [7, 11) is 0. The Hall–Kier alpha value is -2.14. The zero-order valence-electron chi connectivity index (χ0n) is 12.8. The van der Waals surface area contributed by atoms with E-state index < -0.39 is 12.0 Å². The number of nitrogens with one attached hydrogen (secondary N) is 1. The lowest BCUT2D eigenvalue weighted by molar-refractivity contribution is -0.143. The molecule has 22 heavy (non-hydrogen) atoms. The summed E-state index contributed by atoms with van der Waals surface area (Å²) < 4.78 is 5.14. The van der Waals surface area contributed by atoms with Crippen LogP contribution in [0.5, 0.6) is 0 Å². The van der Waals surface area contributed by atoms with Crippen LogP contribution < -0.4 is 5.32 Å². The van der Waals surface area contributed by atoms with Crippen LogP contribution >= 0.6 is 0 Å². The number of amides is 1. The van der Waals surface area contributed by atoms with Crippen molar-refractivity contribution in [3.05, 3.63) is 48.6 Å². The van der Waals surface area contributed by atoms with Crippen LogP contribution in [0.3, 0.4) is 0 Å². The van der Waals surface area contributed by atoms with Crippen LogP contribution in [0.4, 0.5) is 0 Å². The highest BCUT2D eigenvalue weighted by molar-refractivity contribution is 5.88. The third-order valence-corrected chi connectivity index (χ3v) is 3.23. The zero-order valence-corrected chi connectivity index (χ0v) is 12.8. The molecule has 0 aliphatic heterocycles. The molecule has 5 nitrogen and oxygen atoms in total. The molecule has 120 valence electrons. The van der Waals surface area contributed by atoms with Gasteiger partial charge in [-0.1, -0.05) is 49.8 Å². The Morgan fingerprint density at radius 2 is 2.05 bits per heavy atom. The third-order valence-electron chi connectivity index (χ3n) is 3.23. The average Bonchev–Trinajstić information content (AvgIpc) is 2.52. The molecule has 0 spiro atoms. The Kier molecular flexibility index (Phi) is 7.92. The molecule has 2 atom stereocenters. The molecule has 1 aromatic carbocycles. The van der Waals surface area contributed by atoms with Gasteiger partial charge in [0, 0.05) is 0 Å². The number of carbonyl (C=O) groups excluding carboxylic acids is 1. The molecule has 2 unspecified atom stereocenters. The minimum atomic E-state index is -1.11. The number of rotatable bonds is 10. The van der Waals surface area contributed by atoms with Gasteiger partial charge in [-0.15, -0.1) is 6.58 Å². The van der Waals surface area contributed by atoms with Crippen LogP contribution in [0, 0.1) is 0 Å². The lowest BCUT2D eigenvalue weighted by atomic mass is 9.93. The Bertz CT molecular complexity index is 487. The molecule has 0 radical (unpaired) electrons. The SMILES string of the molecule is C=CCOCC(NC(=O)C(CCC)c1ccccc1)C(=O)O. The highest BCUT2D eigenvalue weighted by Gasteiger charge is 2.25. The van der Waals surface area contributed by atoms with Crippen LogP contribution in [-0.2, 0) is 14.3 Å². The van der Waals surface area contributed by atoms with Gasteiger partial charge in [-0.25, -0.2) is 4.79 Å². The van der Waals surface area contributed by atoms with Gasteiger partial charge >= 0.3 is 5.97 Å². The summed E-state index contributed by atoms with van der Waals surface area (Å²) in [6.07, 6.45) is 3.03. The predicted molar refractivity (Wildman–Crippen MR) is 84.7 cm³/mol. The maximum absolute atomic E-state index is 12.4. The first-order chi connectivity index (χ1) is 10.6. The van der Waals surface area contributed by atoms with E-state index >= 15 is 0 Å². The Labute approximate surface area is 131 Å². The maximum Gasteiger partial charge on any atom is 0.328 e. The molecule has 0 saturated carbocycles. The molecule has 0 heterocycles. The molecule has 0 fully saturated rings. The molecule has 5 heteroatoms. The molecule has 0 bridgehead atoms. The van der Waals surface area contributed by atoms with Crippen LogP contribution in [0.1, 0.15) is 31.2 Å². The molecule has 0 aliphatic carbocycles. The van der Waals surface area contributed by atoms with E-state index in [0.717, 1.165) is 12.0 Å². The van der Waals surface area contributed by atoms with Gasteiger partial charge in [0.05, 0.1) is 19.1 Å².